The van der Waals surface area contributed by atoms with Crippen molar-refractivity contribution in [3.63, 3.8) is 0 Å². The summed E-state index contributed by atoms with van der Waals surface area (Å²) in [5.74, 6) is 8.54. The second-order valence-electron chi connectivity index (χ2n) is 6.30. The van der Waals surface area contributed by atoms with Gasteiger partial charge in [-0.05, 0) is 55.9 Å². The Morgan fingerprint density at radius 1 is 1.22 bits per heavy atom. The SMILES string of the molecule is Cc1ccc(CC(NN)C2CC3CCC2C3)cc1. The smallest absolute Gasteiger partial charge is 0.0281 e. The average molecular weight is 244 g/mol. The molecule has 0 radical (unpaired) electrons. The Morgan fingerprint density at radius 2 is 2.00 bits per heavy atom. The van der Waals surface area contributed by atoms with Gasteiger partial charge in [-0.1, -0.05) is 36.2 Å². The van der Waals surface area contributed by atoms with E-state index in [0.717, 1.165) is 24.2 Å². The Balaban J connectivity index is 1.67. The van der Waals surface area contributed by atoms with E-state index < -0.39 is 0 Å². The third-order valence-corrected chi connectivity index (χ3v) is 5.10. The van der Waals surface area contributed by atoms with E-state index >= 15 is 0 Å². The summed E-state index contributed by atoms with van der Waals surface area (Å²) in [5, 5.41) is 0. The largest absolute Gasteiger partial charge is 0.271 e. The second kappa shape index (κ2) is 5.02. The molecule has 0 aromatic heterocycles. The molecule has 2 heteroatoms. The van der Waals surface area contributed by atoms with Crippen LogP contribution in [0.25, 0.3) is 0 Å². The van der Waals surface area contributed by atoms with E-state index in [-0.39, 0.29) is 0 Å². The summed E-state index contributed by atoms with van der Waals surface area (Å²) < 4.78 is 0. The van der Waals surface area contributed by atoms with Crippen LogP contribution >= 0.6 is 0 Å². The Morgan fingerprint density at radius 3 is 2.56 bits per heavy atom. The van der Waals surface area contributed by atoms with Gasteiger partial charge in [-0.15, -0.1) is 0 Å². The molecule has 18 heavy (non-hydrogen) atoms. The van der Waals surface area contributed by atoms with Crippen molar-refractivity contribution in [2.24, 2.45) is 23.6 Å². The maximum absolute atomic E-state index is 5.81. The van der Waals surface area contributed by atoms with Gasteiger partial charge in [0.15, 0.2) is 0 Å². The normalized spacial score (nSPS) is 31.8. The molecule has 1 aromatic carbocycles. The van der Waals surface area contributed by atoms with Crippen LogP contribution in [-0.2, 0) is 6.42 Å². The Hall–Kier alpha value is -0.860. The fourth-order valence-corrected chi connectivity index (χ4v) is 4.10. The third-order valence-electron chi connectivity index (χ3n) is 5.10. The first-order chi connectivity index (χ1) is 8.76. The number of benzene rings is 1. The van der Waals surface area contributed by atoms with Crippen LogP contribution in [0.1, 0.15) is 36.8 Å². The van der Waals surface area contributed by atoms with Crippen molar-refractivity contribution in [1.29, 1.82) is 0 Å². The molecule has 2 fully saturated rings. The molecule has 0 heterocycles. The van der Waals surface area contributed by atoms with E-state index in [1.807, 2.05) is 0 Å². The van der Waals surface area contributed by atoms with Crippen molar-refractivity contribution >= 4 is 0 Å². The summed E-state index contributed by atoms with van der Waals surface area (Å²) >= 11 is 0. The first kappa shape index (κ1) is 12.2. The highest BCUT2D eigenvalue weighted by Gasteiger charge is 2.42. The highest BCUT2D eigenvalue weighted by atomic mass is 15.2. The van der Waals surface area contributed by atoms with Crippen molar-refractivity contribution in [3.05, 3.63) is 35.4 Å². The van der Waals surface area contributed by atoms with E-state index in [2.05, 4.69) is 36.6 Å². The zero-order chi connectivity index (χ0) is 12.5. The van der Waals surface area contributed by atoms with Crippen LogP contribution in [0.2, 0.25) is 0 Å². The zero-order valence-electron chi connectivity index (χ0n) is 11.2. The quantitative estimate of drug-likeness (QED) is 0.631. The Kier molecular flexibility index (Phi) is 3.40. The lowest BCUT2D eigenvalue weighted by molar-refractivity contribution is 0.248. The number of nitrogens with two attached hydrogens (primary N) is 1. The minimum atomic E-state index is 0.461. The van der Waals surface area contributed by atoms with E-state index in [1.165, 1.54) is 36.8 Å². The fourth-order valence-electron chi connectivity index (χ4n) is 4.10. The maximum atomic E-state index is 5.81. The molecule has 2 bridgehead atoms. The summed E-state index contributed by atoms with van der Waals surface area (Å²) in [6, 6.07) is 9.34. The Bertz CT molecular complexity index is 398. The van der Waals surface area contributed by atoms with Gasteiger partial charge in [-0.25, -0.2) is 0 Å². The molecule has 4 atom stereocenters. The number of nitrogens with one attached hydrogen (secondary N) is 1. The zero-order valence-corrected chi connectivity index (χ0v) is 11.2. The molecule has 3 N–H and O–H groups in total. The lowest BCUT2D eigenvalue weighted by Crippen LogP contribution is -2.44. The van der Waals surface area contributed by atoms with Crippen molar-refractivity contribution < 1.29 is 0 Å². The van der Waals surface area contributed by atoms with Crippen LogP contribution in [0.15, 0.2) is 24.3 Å². The van der Waals surface area contributed by atoms with Gasteiger partial charge in [0.1, 0.15) is 0 Å². The molecule has 1 aromatic rings. The summed E-state index contributed by atoms with van der Waals surface area (Å²) in [4.78, 5) is 0. The van der Waals surface area contributed by atoms with Crippen LogP contribution in [0, 0.1) is 24.7 Å². The summed E-state index contributed by atoms with van der Waals surface area (Å²) in [5.41, 5.74) is 5.83. The second-order valence-corrected chi connectivity index (χ2v) is 6.30. The van der Waals surface area contributed by atoms with E-state index in [1.54, 1.807) is 0 Å². The van der Waals surface area contributed by atoms with Crippen molar-refractivity contribution in [1.82, 2.24) is 5.43 Å². The molecule has 2 saturated carbocycles. The lowest BCUT2D eigenvalue weighted by Gasteiger charge is -2.30. The Labute approximate surface area is 110 Å². The third kappa shape index (κ3) is 2.32. The number of rotatable bonds is 4. The van der Waals surface area contributed by atoms with E-state index in [0.29, 0.717) is 6.04 Å². The molecule has 0 spiro atoms. The van der Waals surface area contributed by atoms with Crippen LogP contribution in [0.4, 0.5) is 0 Å². The predicted octanol–water partition coefficient (Wildman–Crippen LogP) is 2.81. The van der Waals surface area contributed by atoms with Crippen molar-refractivity contribution in [2.75, 3.05) is 0 Å². The van der Waals surface area contributed by atoms with Gasteiger partial charge >= 0.3 is 0 Å². The highest BCUT2D eigenvalue weighted by molar-refractivity contribution is 5.22. The first-order valence-electron chi connectivity index (χ1n) is 7.28. The first-order valence-corrected chi connectivity index (χ1v) is 7.28. The molecule has 0 saturated heterocycles. The van der Waals surface area contributed by atoms with Gasteiger partial charge in [0.25, 0.3) is 0 Å². The molecule has 0 amide bonds. The van der Waals surface area contributed by atoms with Gasteiger partial charge < -0.3 is 0 Å². The highest BCUT2D eigenvalue weighted by Crippen LogP contribution is 2.49. The molecule has 4 unspecified atom stereocenters. The van der Waals surface area contributed by atoms with E-state index in [9.17, 15) is 0 Å². The maximum Gasteiger partial charge on any atom is 0.0281 e. The minimum Gasteiger partial charge on any atom is -0.271 e. The monoisotopic (exact) mass is 244 g/mol. The topological polar surface area (TPSA) is 38.0 Å². The number of hydrazine groups is 1. The van der Waals surface area contributed by atoms with E-state index in [4.69, 9.17) is 5.84 Å². The molecule has 98 valence electrons. The average Bonchev–Trinajstić information content (AvgIpc) is 3.00. The molecule has 2 nitrogen and oxygen atoms in total. The number of aryl methyl sites for hydroxylation is 1. The van der Waals surface area contributed by atoms with Gasteiger partial charge in [0.2, 0.25) is 0 Å². The fraction of sp³-hybridized carbons (Fsp3) is 0.625. The van der Waals surface area contributed by atoms with Gasteiger partial charge in [-0.2, -0.15) is 0 Å². The molecule has 3 rings (SSSR count). The van der Waals surface area contributed by atoms with Gasteiger partial charge in [0.05, 0.1) is 0 Å². The van der Waals surface area contributed by atoms with Gasteiger partial charge in [0, 0.05) is 6.04 Å². The van der Waals surface area contributed by atoms with Crippen LogP contribution in [0.3, 0.4) is 0 Å². The van der Waals surface area contributed by atoms with Crippen LogP contribution in [0.5, 0.6) is 0 Å². The van der Waals surface area contributed by atoms with Crippen molar-refractivity contribution in [2.45, 2.75) is 45.1 Å². The molecular formula is C16H24N2. The molecule has 2 aliphatic carbocycles. The van der Waals surface area contributed by atoms with Crippen molar-refractivity contribution in [3.8, 4) is 0 Å². The molecular weight excluding hydrogens is 220 g/mol. The number of hydrogen-bond donors (Lipinski definition) is 2. The minimum absolute atomic E-state index is 0.461. The standard InChI is InChI=1S/C16H24N2/c1-11-2-4-12(5-3-11)10-16(18-17)15-9-13-6-7-14(15)8-13/h2-5,13-16,18H,6-10,17H2,1H3. The van der Waals surface area contributed by atoms with Crippen LogP contribution < -0.4 is 11.3 Å². The summed E-state index contributed by atoms with van der Waals surface area (Å²) in [6.07, 6.45) is 6.82. The summed E-state index contributed by atoms with van der Waals surface area (Å²) in [7, 11) is 0. The van der Waals surface area contributed by atoms with Gasteiger partial charge in [-0.3, -0.25) is 11.3 Å². The number of fused-ring (bicyclic) bond motifs is 2. The predicted molar refractivity (Wildman–Crippen MR) is 74.9 cm³/mol. The molecule has 2 aliphatic rings. The molecule has 0 aliphatic heterocycles. The van der Waals surface area contributed by atoms with Crippen LogP contribution in [-0.4, -0.2) is 6.04 Å². The summed E-state index contributed by atoms with van der Waals surface area (Å²) in [6.45, 7) is 2.14. The number of hydrogen-bond acceptors (Lipinski definition) is 2. The lowest BCUT2D eigenvalue weighted by atomic mass is 9.81.